The van der Waals surface area contributed by atoms with Crippen LogP contribution in [0.5, 0.6) is 0 Å². The van der Waals surface area contributed by atoms with Gasteiger partial charge in [-0.25, -0.2) is 4.39 Å². The Morgan fingerprint density at radius 1 is 1.23 bits per heavy atom. The molecule has 1 atom stereocenters. The number of aryl methyl sites for hydroxylation is 2. The van der Waals surface area contributed by atoms with Gasteiger partial charge in [-0.15, -0.1) is 0 Å². The number of benzene rings is 2. The molecule has 2 aromatic rings. The minimum atomic E-state index is -0.371. The zero-order valence-corrected chi connectivity index (χ0v) is 15.1. The summed E-state index contributed by atoms with van der Waals surface area (Å²) in [7, 11) is 0. The van der Waals surface area contributed by atoms with Gasteiger partial charge in [0.15, 0.2) is 0 Å². The third-order valence-electron chi connectivity index (χ3n) is 4.79. The molecule has 26 heavy (non-hydrogen) atoms. The van der Waals surface area contributed by atoms with Crippen molar-refractivity contribution in [1.29, 1.82) is 0 Å². The molecule has 136 valence electrons. The zero-order chi connectivity index (χ0) is 18.7. The van der Waals surface area contributed by atoms with Gasteiger partial charge in [0.05, 0.1) is 5.92 Å². The first-order valence-corrected chi connectivity index (χ1v) is 8.84. The molecule has 0 aliphatic carbocycles. The van der Waals surface area contributed by atoms with E-state index in [0.717, 1.165) is 16.8 Å². The Hall–Kier alpha value is -2.69. The summed E-state index contributed by atoms with van der Waals surface area (Å²) in [4.78, 5) is 26.5. The normalized spacial score (nSPS) is 16.8. The second-order valence-corrected chi connectivity index (χ2v) is 6.83. The predicted octanol–water partition coefficient (Wildman–Crippen LogP) is 3.15. The van der Waals surface area contributed by atoms with Crippen LogP contribution in [-0.2, 0) is 16.0 Å². The Kier molecular flexibility index (Phi) is 5.35. The van der Waals surface area contributed by atoms with E-state index >= 15 is 0 Å². The summed E-state index contributed by atoms with van der Waals surface area (Å²) in [6.07, 6.45) is 0.638. The molecule has 1 N–H and O–H groups in total. The molecular formula is C21H23FN2O2. The minimum Gasteiger partial charge on any atom is -0.355 e. The standard InChI is InChI=1S/C21H23FN2O2/c1-14-7-8-19(15(2)11-14)24-13-17(12-20(24)25)21(26)23-10-9-16-5-3-4-6-18(16)22/h3-8,11,17H,9-10,12-13H2,1-2H3,(H,23,26). The lowest BCUT2D eigenvalue weighted by Crippen LogP contribution is -2.34. The monoisotopic (exact) mass is 354 g/mol. The maximum Gasteiger partial charge on any atom is 0.227 e. The number of rotatable bonds is 5. The van der Waals surface area contributed by atoms with Crippen molar-refractivity contribution in [3.8, 4) is 0 Å². The summed E-state index contributed by atoms with van der Waals surface area (Å²) < 4.78 is 13.6. The molecule has 1 aliphatic rings. The third kappa shape index (κ3) is 3.93. The molecular weight excluding hydrogens is 331 g/mol. The quantitative estimate of drug-likeness (QED) is 0.897. The SMILES string of the molecule is Cc1ccc(N2CC(C(=O)NCCc3ccccc3F)CC2=O)c(C)c1. The number of hydrogen-bond donors (Lipinski definition) is 1. The summed E-state index contributed by atoms with van der Waals surface area (Å²) in [5.74, 6) is -0.823. The lowest BCUT2D eigenvalue weighted by molar-refractivity contribution is -0.126. The molecule has 0 spiro atoms. The van der Waals surface area contributed by atoms with E-state index < -0.39 is 0 Å². The van der Waals surface area contributed by atoms with Gasteiger partial charge < -0.3 is 10.2 Å². The van der Waals surface area contributed by atoms with Crippen molar-refractivity contribution >= 4 is 17.5 Å². The Bertz CT molecular complexity index is 835. The summed E-state index contributed by atoms with van der Waals surface area (Å²) in [5, 5.41) is 2.83. The average molecular weight is 354 g/mol. The number of nitrogens with one attached hydrogen (secondary N) is 1. The number of anilines is 1. The number of hydrogen-bond acceptors (Lipinski definition) is 2. The van der Waals surface area contributed by atoms with E-state index in [9.17, 15) is 14.0 Å². The van der Waals surface area contributed by atoms with E-state index in [-0.39, 0.29) is 30.0 Å². The molecule has 0 bridgehead atoms. The van der Waals surface area contributed by atoms with E-state index in [1.165, 1.54) is 6.07 Å². The molecule has 1 aliphatic heterocycles. The molecule has 2 amide bonds. The Labute approximate surface area is 153 Å². The van der Waals surface area contributed by atoms with E-state index in [4.69, 9.17) is 0 Å². The van der Waals surface area contributed by atoms with Gasteiger partial charge in [0, 0.05) is 25.2 Å². The molecule has 0 radical (unpaired) electrons. The van der Waals surface area contributed by atoms with Gasteiger partial charge in [0.2, 0.25) is 11.8 Å². The molecule has 1 saturated heterocycles. The number of carbonyl (C=O) groups is 2. The lowest BCUT2D eigenvalue weighted by Gasteiger charge is -2.19. The van der Waals surface area contributed by atoms with E-state index in [0.29, 0.717) is 25.1 Å². The maximum atomic E-state index is 13.6. The number of nitrogens with zero attached hydrogens (tertiary/aromatic N) is 1. The van der Waals surface area contributed by atoms with E-state index in [2.05, 4.69) is 5.32 Å². The van der Waals surface area contributed by atoms with Crippen molar-refractivity contribution in [3.63, 3.8) is 0 Å². The van der Waals surface area contributed by atoms with Crippen molar-refractivity contribution in [3.05, 3.63) is 65.0 Å². The molecule has 2 aromatic carbocycles. The smallest absolute Gasteiger partial charge is 0.227 e. The van der Waals surface area contributed by atoms with Crippen LogP contribution in [0, 0.1) is 25.6 Å². The molecule has 1 heterocycles. The molecule has 1 fully saturated rings. The van der Waals surface area contributed by atoms with Crippen LogP contribution >= 0.6 is 0 Å². The molecule has 0 aromatic heterocycles. The predicted molar refractivity (Wildman–Crippen MR) is 99.5 cm³/mol. The van der Waals surface area contributed by atoms with Crippen molar-refractivity contribution in [2.45, 2.75) is 26.7 Å². The van der Waals surface area contributed by atoms with Crippen molar-refractivity contribution in [2.24, 2.45) is 5.92 Å². The van der Waals surface area contributed by atoms with Crippen molar-refractivity contribution in [1.82, 2.24) is 5.32 Å². The Morgan fingerprint density at radius 3 is 2.73 bits per heavy atom. The van der Waals surface area contributed by atoms with Crippen LogP contribution in [0.3, 0.4) is 0 Å². The molecule has 0 saturated carbocycles. The van der Waals surface area contributed by atoms with Gasteiger partial charge in [-0.3, -0.25) is 9.59 Å². The molecule has 1 unspecified atom stereocenters. The van der Waals surface area contributed by atoms with Gasteiger partial charge in [-0.05, 0) is 43.5 Å². The van der Waals surface area contributed by atoms with Gasteiger partial charge in [0.1, 0.15) is 5.82 Å². The van der Waals surface area contributed by atoms with Crippen LogP contribution in [0.2, 0.25) is 0 Å². The maximum absolute atomic E-state index is 13.6. The number of carbonyl (C=O) groups excluding carboxylic acids is 2. The second kappa shape index (κ2) is 7.68. The van der Waals surface area contributed by atoms with E-state index in [1.54, 1.807) is 23.1 Å². The van der Waals surface area contributed by atoms with Crippen molar-refractivity contribution < 1.29 is 14.0 Å². The Morgan fingerprint density at radius 2 is 2.00 bits per heavy atom. The molecule has 3 rings (SSSR count). The fourth-order valence-electron chi connectivity index (χ4n) is 3.39. The van der Waals surface area contributed by atoms with Crippen LogP contribution < -0.4 is 10.2 Å². The first-order chi connectivity index (χ1) is 12.5. The summed E-state index contributed by atoms with van der Waals surface area (Å²) in [6, 6.07) is 12.5. The highest BCUT2D eigenvalue weighted by Gasteiger charge is 2.35. The van der Waals surface area contributed by atoms with Crippen LogP contribution in [0.4, 0.5) is 10.1 Å². The van der Waals surface area contributed by atoms with Crippen LogP contribution in [0.25, 0.3) is 0 Å². The second-order valence-electron chi connectivity index (χ2n) is 6.83. The molecule has 5 heteroatoms. The van der Waals surface area contributed by atoms with Gasteiger partial charge in [-0.2, -0.15) is 0 Å². The van der Waals surface area contributed by atoms with Gasteiger partial charge in [0.25, 0.3) is 0 Å². The number of halogens is 1. The number of amides is 2. The van der Waals surface area contributed by atoms with Crippen LogP contribution in [0.1, 0.15) is 23.1 Å². The van der Waals surface area contributed by atoms with Gasteiger partial charge >= 0.3 is 0 Å². The van der Waals surface area contributed by atoms with Crippen LogP contribution in [0.15, 0.2) is 42.5 Å². The fraction of sp³-hybridized carbons (Fsp3) is 0.333. The fourth-order valence-corrected chi connectivity index (χ4v) is 3.39. The summed E-state index contributed by atoms with van der Waals surface area (Å²) >= 11 is 0. The highest BCUT2D eigenvalue weighted by atomic mass is 19.1. The molecule has 4 nitrogen and oxygen atoms in total. The minimum absolute atomic E-state index is 0.0359. The zero-order valence-electron chi connectivity index (χ0n) is 15.1. The van der Waals surface area contributed by atoms with Gasteiger partial charge in [-0.1, -0.05) is 35.9 Å². The average Bonchev–Trinajstić information content (AvgIpc) is 2.98. The lowest BCUT2D eigenvalue weighted by atomic mass is 10.1. The van der Waals surface area contributed by atoms with E-state index in [1.807, 2.05) is 32.0 Å². The highest BCUT2D eigenvalue weighted by molar-refractivity contribution is 6.00. The van der Waals surface area contributed by atoms with Crippen LogP contribution in [-0.4, -0.2) is 24.9 Å². The largest absolute Gasteiger partial charge is 0.355 e. The summed E-state index contributed by atoms with van der Waals surface area (Å²) in [6.45, 7) is 4.72. The van der Waals surface area contributed by atoms with Crippen molar-refractivity contribution in [2.75, 3.05) is 18.0 Å². The first-order valence-electron chi connectivity index (χ1n) is 8.84. The Balaban J connectivity index is 1.58. The summed E-state index contributed by atoms with van der Waals surface area (Å²) in [5.41, 5.74) is 3.61. The topological polar surface area (TPSA) is 49.4 Å². The highest BCUT2D eigenvalue weighted by Crippen LogP contribution is 2.28. The first kappa shape index (κ1) is 18.1. The third-order valence-corrected chi connectivity index (χ3v) is 4.79.